The van der Waals surface area contributed by atoms with Crippen molar-refractivity contribution in [3.63, 3.8) is 0 Å². The van der Waals surface area contributed by atoms with Gasteiger partial charge in [0, 0.05) is 26.2 Å². The molecule has 0 bridgehead atoms. The van der Waals surface area contributed by atoms with Crippen LogP contribution in [0.15, 0.2) is 91.1 Å². The van der Waals surface area contributed by atoms with Crippen LogP contribution in [-0.2, 0) is 26.2 Å². The topological polar surface area (TPSA) is 0 Å². The molecule has 5 rings (SSSR count). The van der Waals surface area contributed by atoms with E-state index in [-0.39, 0.29) is 51.0 Å². The van der Waals surface area contributed by atoms with Crippen molar-refractivity contribution in [1.82, 2.24) is 0 Å². The first-order valence-electron chi connectivity index (χ1n) is 8.59. The van der Waals surface area contributed by atoms with Gasteiger partial charge in [-0.15, -0.1) is 56.9 Å². The van der Waals surface area contributed by atoms with Crippen molar-refractivity contribution in [3.05, 3.63) is 122 Å². The van der Waals surface area contributed by atoms with Crippen molar-refractivity contribution in [2.45, 2.75) is 32.1 Å². The fourth-order valence-corrected chi connectivity index (χ4v) is 1.70. The summed E-state index contributed by atoms with van der Waals surface area (Å²) in [6, 6.07) is 0. The zero-order valence-corrected chi connectivity index (χ0v) is 20.1. The van der Waals surface area contributed by atoms with Gasteiger partial charge in [-0.1, -0.05) is 0 Å². The van der Waals surface area contributed by atoms with Crippen LogP contribution >= 0.6 is 24.8 Å². The van der Waals surface area contributed by atoms with Gasteiger partial charge in [-0.2, -0.15) is 30.4 Å². The molecule has 0 radical (unpaired) electrons. The summed E-state index contributed by atoms with van der Waals surface area (Å²) in [5.41, 5.74) is 0. The molecule has 3 heteroatoms. The summed E-state index contributed by atoms with van der Waals surface area (Å²) >= 11 is 0. The maximum Gasteiger partial charge on any atom is 0 e. The Hall–Kier alpha value is -1.14. The van der Waals surface area contributed by atoms with E-state index in [1.807, 2.05) is 60.8 Å². The van der Waals surface area contributed by atoms with Crippen LogP contribution in [0.3, 0.4) is 0 Å². The molecule has 0 saturated heterocycles. The Bertz CT molecular complexity index is 435. The Morgan fingerprint density at radius 3 is 0.571 bits per heavy atom. The molecule has 0 saturated carbocycles. The molecule has 0 unspecified atom stereocenters. The van der Waals surface area contributed by atoms with Gasteiger partial charge in [0.1, 0.15) is 0 Å². The summed E-state index contributed by atoms with van der Waals surface area (Å²) in [7, 11) is 0. The number of rotatable bonds is 0. The van der Waals surface area contributed by atoms with Crippen molar-refractivity contribution < 1.29 is 26.2 Å². The van der Waals surface area contributed by atoms with Gasteiger partial charge in [0.2, 0.25) is 0 Å². The van der Waals surface area contributed by atoms with E-state index in [4.69, 9.17) is 0 Å². The van der Waals surface area contributed by atoms with Gasteiger partial charge in [-0.05, 0) is 0 Å². The van der Waals surface area contributed by atoms with E-state index in [2.05, 4.69) is 60.8 Å². The molecular formula is C25H27Cl2Zr-5. The Balaban J connectivity index is -0.000000272. The smallest absolute Gasteiger partial charge is 0 e. The number of allylic oxidation sites excluding steroid dienone is 20. The maximum atomic E-state index is 2.99. The minimum Gasteiger partial charge on any atom is -0.273 e. The van der Waals surface area contributed by atoms with Gasteiger partial charge in [-0.3, -0.25) is 30.4 Å². The van der Waals surface area contributed by atoms with Crippen molar-refractivity contribution in [2.24, 2.45) is 0 Å². The van der Waals surface area contributed by atoms with E-state index in [9.17, 15) is 0 Å². The minimum atomic E-state index is 0. The molecule has 0 aromatic heterocycles. The predicted molar refractivity (Wildman–Crippen MR) is 122 cm³/mol. The third kappa shape index (κ3) is 24.9. The zero-order chi connectivity index (χ0) is 17.7. The molecule has 0 nitrogen and oxygen atoms in total. The molecule has 0 aromatic rings. The predicted octanol–water partition coefficient (Wildman–Crippen LogP) is 7.37. The Labute approximate surface area is 203 Å². The fraction of sp³-hybridized carbons (Fsp3) is 0.200. The SMILES string of the molecule is Cl.Cl.[C-]1=CC=CC1.[C-]1=CC=CC1.[C-]1=CC=CC1.[C-]1=CC=CC1.[C-]1=CC=CC1.[Zr]. The van der Waals surface area contributed by atoms with Gasteiger partial charge in [0.15, 0.2) is 0 Å². The van der Waals surface area contributed by atoms with Gasteiger partial charge in [0.25, 0.3) is 0 Å². The first-order chi connectivity index (χ1) is 12.5. The van der Waals surface area contributed by atoms with Crippen LogP contribution in [-0.4, -0.2) is 0 Å². The van der Waals surface area contributed by atoms with Crippen LogP contribution in [0, 0.1) is 30.4 Å². The molecule has 150 valence electrons. The van der Waals surface area contributed by atoms with Crippen molar-refractivity contribution in [1.29, 1.82) is 0 Å². The average Bonchev–Trinajstić information content (AvgIpc) is 3.55. The molecule has 0 spiro atoms. The number of hydrogen-bond donors (Lipinski definition) is 0. The molecule has 28 heavy (non-hydrogen) atoms. The summed E-state index contributed by atoms with van der Waals surface area (Å²) in [5.74, 6) is 0. The van der Waals surface area contributed by atoms with Gasteiger partial charge >= 0.3 is 0 Å². The number of halogens is 2. The normalized spacial score (nSPS) is 15.7. The summed E-state index contributed by atoms with van der Waals surface area (Å²) in [4.78, 5) is 0. The average molecular weight is 490 g/mol. The van der Waals surface area contributed by atoms with Crippen LogP contribution in [0.25, 0.3) is 0 Å². The monoisotopic (exact) mass is 487 g/mol. The third-order valence-corrected chi connectivity index (χ3v) is 2.93. The third-order valence-electron chi connectivity index (χ3n) is 2.93. The standard InChI is InChI=1S/5C5H5.2ClH.Zr/c5*1-2-4-5-3-1;;;/h5*1-3H,4H2;2*1H;/q5*-1;;;. The molecule has 0 fully saturated rings. The summed E-state index contributed by atoms with van der Waals surface area (Å²) < 4.78 is 0. The molecule has 0 heterocycles. The quantitative estimate of drug-likeness (QED) is 0.312. The first kappa shape index (κ1) is 31.6. The van der Waals surface area contributed by atoms with Crippen molar-refractivity contribution >= 4 is 24.8 Å². The second kappa shape index (κ2) is 28.1. The van der Waals surface area contributed by atoms with E-state index in [1.165, 1.54) is 0 Å². The Morgan fingerprint density at radius 2 is 0.536 bits per heavy atom. The molecule has 0 aliphatic heterocycles. The van der Waals surface area contributed by atoms with Gasteiger partial charge < -0.3 is 0 Å². The molecule has 0 atom stereocenters. The number of hydrogen-bond acceptors (Lipinski definition) is 0. The maximum absolute atomic E-state index is 2.99. The van der Waals surface area contributed by atoms with Crippen LogP contribution in [0.5, 0.6) is 0 Å². The van der Waals surface area contributed by atoms with Gasteiger partial charge in [0.05, 0.1) is 0 Å². The molecule has 5 aliphatic carbocycles. The first-order valence-corrected chi connectivity index (χ1v) is 8.59. The van der Waals surface area contributed by atoms with E-state index in [0.717, 1.165) is 32.1 Å². The van der Waals surface area contributed by atoms with Gasteiger partial charge in [-0.25, -0.2) is 60.8 Å². The summed E-state index contributed by atoms with van der Waals surface area (Å²) in [5, 5.41) is 0. The minimum absolute atomic E-state index is 0. The van der Waals surface area contributed by atoms with E-state index in [1.54, 1.807) is 0 Å². The molecule has 0 amide bonds. The van der Waals surface area contributed by atoms with Crippen LogP contribution in [0.4, 0.5) is 0 Å². The Morgan fingerprint density at radius 1 is 0.357 bits per heavy atom. The van der Waals surface area contributed by atoms with E-state index < -0.39 is 0 Å². The summed E-state index contributed by atoms with van der Waals surface area (Å²) in [6.07, 6.45) is 50.0. The Kier molecular flexibility index (Phi) is 31.6. The van der Waals surface area contributed by atoms with Crippen LogP contribution < -0.4 is 0 Å². The fourth-order valence-electron chi connectivity index (χ4n) is 1.70. The summed E-state index contributed by atoms with van der Waals surface area (Å²) in [6.45, 7) is 0. The second-order valence-corrected chi connectivity index (χ2v) is 5.02. The van der Waals surface area contributed by atoms with Crippen LogP contribution in [0.1, 0.15) is 32.1 Å². The van der Waals surface area contributed by atoms with Crippen molar-refractivity contribution in [2.75, 3.05) is 0 Å². The molecule has 5 aliphatic rings. The largest absolute Gasteiger partial charge is 0.273 e. The van der Waals surface area contributed by atoms with Crippen molar-refractivity contribution in [3.8, 4) is 0 Å². The van der Waals surface area contributed by atoms with Crippen LogP contribution in [0.2, 0.25) is 0 Å². The van der Waals surface area contributed by atoms with E-state index >= 15 is 0 Å². The second-order valence-electron chi connectivity index (χ2n) is 5.02. The zero-order valence-electron chi connectivity index (χ0n) is 16.0. The van der Waals surface area contributed by atoms with E-state index in [0.29, 0.717) is 0 Å². The molecule has 0 N–H and O–H groups in total. The molecule has 0 aromatic carbocycles. The molecular weight excluding hydrogens is 462 g/mol.